The molecule has 1 aliphatic heterocycles. The summed E-state index contributed by atoms with van der Waals surface area (Å²) >= 11 is 0. The number of aliphatic hydroxyl groups excluding tert-OH is 1. The Hall–Kier alpha value is -2.65. The van der Waals surface area contributed by atoms with E-state index in [0.717, 1.165) is 28.1 Å². The standard InChI is InChI=1S/C19H21F3N4O5SSi/c1-11-7-26(31-33-11)9-19(2,10-27)24-32(29,30)15-8-25(3)17(16(15)22)18(28)23-12-4-5-13(20)14(21)6-12/h4-8,24,27H,9-10H2,1-3H3,(H,23,28). The lowest BCUT2D eigenvalue weighted by Gasteiger charge is -2.31. The highest BCUT2D eigenvalue weighted by Gasteiger charge is 2.36. The summed E-state index contributed by atoms with van der Waals surface area (Å²) in [5, 5.41) is 14.3. The number of aromatic nitrogens is 1. The minimum Gasteiger partial charge on any atom is -0.394 e. The summed E-state index contributed by atoms with van der Waals surface area (Å²) in [5.41, 5.74) is -2.24. The number of aryl methyl sites for hydroxylation is 1. The number of nitrogens with zero attached hydrogens (tertiary/aromatic N) is 2. The Morgan fingerprint density at radius 2 is 1.97 bits per heavy atom. The van der Waals surface area contributed by atoms with E-state index in [4.69, 9.17) is 4.53 Å². The van der Waals surface area contributed by atoms with Gasteiger partial charge in [0.2, 0.25) is 10.0 Å². The number of benzene rings is 1. The Kier molecular flexibility index (Phi) is 7.04. The minimum atomic E-state index is -4.53. The first-order valence-corrected chi connectivity index (χ1v) is 11.9. The number of carbonyl (C=O) groups excluding carboxylic acids is 1. The molecule has 2 radical (unpaired) electrons. The van der Waals surface area contributed by atoms with Crippen molar-refractivity contribution in [3.8, 4) is 0 Å². The number of anilines is 1. The number of hydroxylamine groups is 2. The smallest absolute Gasteiger partial charge is 0.308 e. The van der Waals surface area contributed by atoms with E-state index in [1.807, 2.05) is 6.92 Å². The maximum atomic E-state index is 15.1. The fourth-order valence-electron chi connectivity index (χ4n) is 3.10. The van der Waals surface area contributed by atoms with E-state index in [0.29, 0.717) is 6.07 Å². The van der Waals surface area contributed by atoms with Gasteiger partial charge in [-0.1, -0.05) is 0 Å². The quantitative estimate of drug-likeness (QED) is 0.471. The van der Waals surface area contributed by atoms with Crippen LogP contribution in [0.4, 0.5) is 18.9 Å². The van der Waals surface area contributed by atoms with Crippen molar-refractivity contribution >= 4 is 31.4 Å². The fraction of sp³-hybridized carbons (Fsp3) is 0.316. The van der Waals surface area contributed by atoms with Crippen LogP contribution < -0.4 is 10.0 Å². The number of hydrogen-bond acceptors (Lipinski definition) is 6. The molecule has 178 valence electrons. The monoisotopic (exact) mass is 502 g/mol. The molecule has 1 amide bonds. The molecule has 1 aliphatic rings. The van der Waals surface area contributed by atoms with Crippen LogP contribution in [0.15, 0.2) is 40.7 Å². The van der Waals surface area contributed by atoms with Crippen molar-refractivity contribution in [2.75, 3.05) is 18.5 Å². The van der Waals surface area contributed by atoms with Gasteiger partial charge in [0, 0.05) is 31.2 Å². The van der Waals surface area contributed by atoms with Crippen molar-refractivity contribution in [3.05, 3.63) is 58.9 Å². The van der Waals surface area contributed by atoms with Crippen molar-refractivity contribution in [3.63, 3.8) is 0 Å². The molecule has 0 spiro atoms. The zero-order chi connectivity index (χ0) is 24.6. The Bertz CT molecular complexity index is 1220. The topological polar surface area (TPSA) is 113 Å². The predicted octanol–water partition coefficient (Wildman–Crippen LogP) is 1.45. The van der Waals surface area contributed by atoms with E-state index in [-0.39, 0.29) is 22.0 Å². The van der Waals surface area contributed by atoms with Gasteiger partial charge >= 0.3 is 9.76 Å². The average Bonchev–Trinajstić information content (AvgIpc) is 3.26. The number of sulfonamides is 1. The van der Waals surface area contributed by atoms with E-state index < -0.39 is 56.1 Å². The molecule has 2 aromatic rings. The maximum absolute atomic E-state index is 15.1. The first-order chi connectivity index (χ1) is 15.3. The second-order valence-corrected chi connectivity index (χ2v) is 10.6. The summed E-state index contributed by atoms with van der Waals surface area (Å²) in [5.74, 6) is -4.77. The van der Waals surface area contributed by atoms with Gasteiger partial charge in [0.05, 0.1) is 18.7 Å². The molecule has 1 aromatic carbocycles. The first-order valence-electron chi connectivity index (χ1n) is 9.49. The number of halogens is 3. The lowest BCUT2D eigenvalue weighted by Crippen LogP contribution is -2.54. The Morgan fingerprint density at radius 1 is 1.27 bits per heavy atom. The summed E-state index contributed by atoms with van der Waals surface area (Å²) in [6.07, 6.45) is 2.55. The third kappa shape index (κ3) is 5.47. The van der Waals surface area contributed by atoms with E-state index in [9.17, 15) is 27.1 Å². The summed E-state index contributed by atoms with van der Waals surface area (Å²) in [4.78, 5) is 11.7. The lowest BCUT2D eigenvalue weighted by atomic mass is 10.1. The van der Waals surface area contributed by atoms with Crippen LogP contribution in [0.1, 0.15) is 24.3 Å². The van der Waals surface area contributed by atoms with Crippen molar-refractivity contribution in [2.24, 2.45) is 7.05 Å². The van der Waals surface area contributed by atoms with Crippen LogP contribution in [0.25, 0.3) is 0 Å². The normalized spacial score (nSPS) is 16.0. The van der Waals surface area contributed by atoms with Crippen molar-refractivity contribution in [1.29, 1.82) is 0 Å². The third-order valence-electron chi connectivity index (χ3n) is 4.67. The molecule has 0 saturated carbocycles. The van der Waals surface area contributed by atoms with Crippen molar-refractivity contribution < 1.29 is 36.0 Å². The zero-order valence-corrected chi connectivity index (χ0v) is 19.6. The third-order valence-corrected chi connectivity index (χ3v) is 7.07. The second kappa shape index (κ2) is 9.30. The number of nitrogens with one attached hydrogen (secondary N) is 2. The van der Waals surface area contributed by atoms with Crippen LogP contribution in [0, 0.1) is 17.5 Å². The van der Waals surface area contributed by atoms with E-state index in [1.54, 1.807) is 6.20 Å². The van der Waals surface area contributed by atoms with Crippen molar-refractivity contribution in [1.82, 2.24) is 14.4 Å². The number of hydrogen-bond donors (Lipinski definition) is 3. The molecule has 0 bridgehead atoms. The van der Waals surface area contributed by atoms with Gasteiger partial charge in [0.15, 0.2) is 17.5 Å². The molecular weight excluding hydrogens is 481 g/mol. The molecule has 0 aliphatic carbocycles. The highest BCUT2D eigenvalue weighted by molar-refractivity contribution is 7.89. The lowest BCUT2D eigenvalue weighted by molar-refractivity contribution is -0.0217. The SMILES string of the molecule is CC1=CN(CC(C)(CO)NS(=O)(=O)c2cn(C)c(C(=O)Nc3ccc(F)c(F)c3)c2F)O[Si]1. The van der Waals surface area contributed by atoms with Crippen LogP contribution in [-0.4, -0.2) is 57.5 Å². The number of carbonyl (C=O) groups is 1. The maximum Gasteiger partial charge on any atom is 0.308 e. The molecule has 1 unspecified atom stereocenters. The Morgan fingerprint density at radius 3 is 2.55 bits per heavy atom. The minimum absolute atomic E-state index is 0.0645. The highest BCUT2D eigenvalue weighted by atomic mass is 32.2. The Labute approximate surface area is 190 Å². The molecular formula is C19H21F3N4O5SSi. The van der Waals surface area contributed by atoms with Gasteiger partial charge in [-0.25, -0.2) is 26.3 Å². The largest absolute Gasteiger partial charge is 0.394 e. The summed E-state index contributed by atoms with van der Waals surface area (Å²) in [6, 6.07) is 2.56. The van der Waals surface area contributed by atoms with Gasteiger partial charge in [-0.15, -0.1) is 0 Å². The molecule has 0 saturated heterocycles. The highest BCUT2D eigenvalue weighted by Crippen LogP contribution is 2.24. The van der Waals surface area contributed by atoms with Crippen LogP contribution in [0.3, 0.4) is 0 Å². The number of rotatable bonds is 8. The summed E-state index contributed by atoms with van der Waals surface area (Å²) in [7, 11) is -3.21. The fourth-order valence-corrected chi connectivity index (χ4v) is 5.19. The van der Waals surface area contributed by atoms with Crippen LogP contribution >= 0.6 is 0 Å². The first kappa shape index (κ1) is 25.0. The molecule has 2 heterocycles. The Balaban J connectivity index is 1.84. The van der Waals surface area contributed by atoms with Gasteiger partial charge in [0.1, 0.15) is 10.6 Å². The van der Waals surface area contributed by atoms with Gasteiger partial charge in [0.25, 0.3) is 5.91 Å². The van der Waals surface area contributed by atoms with Crippen molar-refractivity contribution in [2.45, 2.75) is 24.3 Å². The number of amides is 1. The molecule has 3 rings (SSSR count). The van der Waals surface area contributed by atoms with Gasteiger partial charge in [-0.2, -0.15) is 0 Å². The average molecular weight is 503 g/mol. The molecule has 14 heteroatoms. The summed E-state index contributed by atoms with van der Waals surface area (Å²) in [6.45, 7) is 2.55. The second-order valence-electron chi connectivity index (χ2n) is 7.75. The molecule has 0 fully saturated rings. The van der Waals surface area contributed by atoms with Gasteiger partial charge in [-0.05, 0) is 31.2 Å². The van der Waals surface area contributed by atoms with Crippen LogP contribution in [0.2, 0.25) is 0 Å². The van der Waals surface area contributed by atoms with E-state index >= 15 is 4.39 Å². The number of allylic oxidation sites excluding steroid dienone is 1. The van der Waals surface area contributed by atoms with Gasteiger partial charge < -0.3 is 19.5 Å². The van der Waals surface area contributed by atoms with Crippen LogP contribution in [0.5, 0.6) is 0 Å². The van der Waals surface area contributed by atoms with E-state index in [2.05, 4.69) is 10.0 Å². The zero-order valence-electron chi connectivity index (χ0n) is 17.8. The number of aliphatic hydroxyl groups is 1. The molecule has 33 heavy (non-hydrogen) atoms. The van der Waals surface area contributed by atoms with E-state index in [1.165, 1.54) is 19.0 Å². The molecule has 3 N–H and O–H groups in total. The molecule has 1 atom stereocenters. The molecule has 1 aromatic heterocycles. The van der Waals surface area contributed by atoms with Crippen LogP contribution in [-0.2, 0) is 21.6 Å². The predicted molar refractivity (Wildman–Crippen MR) is 113 cm³/mol. The van der Waals surface area contributed by atoms with Gasteiger partial charge in [-0.3, -0.25) is 9.86 Å². The molecule has 9 nitrogen and oxygen atoms in total. The summed E-state index contributed by atoms with van der Waals surface area (Å²) < 4.78 is 76.0.